The molecule has 2 aliphatic rings. The maximum atomic E-state index is 15.0. The Balaban J connectivity index is 1.57. The average Bonchev–Trinajstić information content (AvgIpc) is 3.02. The third-order valence-corrected chi connectivity index (χ3v) is 6.59. The van der Waals surface area contributed by atoms with Crippen molar-refractivity contribution >= 4 is 5.78 Å². The van der Waals surface area contributed by atoms with Gasteiger partial charge in [0.25, 0.3) is 0 Å². The van der Waals surface area contributed by atoms with Crippen LogP contribution in [0.3, 0.4) is 0 Å². The Morgan fingerprint density at radius 3 is 2.32 bits per heavy atom. The van der Waals surface area contributed by atoms with Crippen molar-refractivity contribution in [2.24, 2.45) is 5.92 Å². The highest BCUT2D eigenvalue weighted by atomic mass is 19.2. The quantitative estimate of drug-likeness (QED) is 0.559. The Hall–Kier alpha value is -2.10. The topological polar surface area (TPSA) is 17.1 Å². The van der Waals surface area contributed by atoms with Crippen molar-refractivity contribution in [1.29, 1.82) is 0 Å². The van der Waals surface area contributed by atoms with Gasteiger partial charge in [-0.1, -0.05) is 38.0 Å². The van der Waals surface area contributed by atoms with E-state index in [0.29, 0.717) is 17.0 Å². The molecule has 2 aliphatic carbocycles. The van der Waals surface area contributed by atoms with E-state index in [1.165, 1.54) is 31.7 Å². The van der Waals surface area contributed by atoms with Crippen molar-refractivity contribution in [3.63, 3.8) is 0 Å². The molecule has 1 atom stereocenters. The fourth-order valence-corrected chi connectivity index (χ4v) is 5.09. The molecule has 4 rings (SSSR count). The van der Waals surface area contributed by atoms with Gasteiger partial charge in [0, 0.05) is 12.3 Å². The Morgan fingerprint density at radius 1 is 0.929 bits per heavy atom. The van der Waals surface area contributed by atoms with Gasteiger partial charge in [-0.25, -0.2) is 13.2 Å². The Kier molecular flexibility index (Phi) is 5.31. The maximum absolute atomic E-state index is 15.0. The first-order valence-corrected chi connectivity index (χ1v) is 10.3. The summed E-state index contributed by atoms with van der Waals surface area (Å²) in [5, 5.41) is 0. The number of carbonyl (C=O) groups excluding carboxylic acids is 1. The summed E-state index contributed by atoms with van der Waals surface area (Å²) >= 11 is 0. The van der Waals surface area contributed by atoms with Gasteiger partial charge < -0.3 is 0 Å². The molecule has 148 valence electrons. The number of Topliss-reactive ketones (excluding diaryl/α,β-unsaturated/α-hetero) is 1. The molecule has 0 N–H and O–H groups in total. The summed E-state index contributed by atoms with van der Waals surface area (Å²) in [6.07, 6.45) is 7.01. The number of hydrogen-bond acceptors (Lipinski definition) is 1. The Labute approximate surface area is 164 Å². The summed E-state index contributed by atoms with van der Waals surface area (Å²) < 4.78 is 42.5. The van der Waals surface area contributed by atoms with Crippen LogP contribution in [-0.2, 0) is 0 Å². The van der Waals surface area contributed by atoms with Crippen LogP contribution in [0.5, 0.6) is 0 Å². The summed E-state index contributed by atoms with van der Waals surface area (Å²) in [5.74, 6) is -2.36. The van der Waals surface area contributed by atoms with E-state index in [4.69, 9.17) is 0 Å². The zero-order valence-corrected chi connectivity index (χ0v) is 16.1. The molecule has 0 aromatic heterocycles. The lowest BCUT2D eigenvalue weighted by Crippen LogP contribution is -2.13. The highest BCUT2D eigenvalue weighted by Gasteiger charge is 2.35. The normalized spacial score (nSPS) is 24.4. The molecule has 0 amide bonds. The number of rotatable bonds is 4. The van der Waals surface area contributed by atoms with Crippen LogP contribution < -0.4 is 0 Å². The van der Waals surface area contributed by atoms with Crippen LogP contribution in [0.2, 0.25) is 0 Å². The molecule has 0 aliphatic heterocycles. The number of fused-ring (bicyclic) bond motifs is 1. The van der Waals surface area contributed by atoms with E-state index in [1.54, 1.807) is 12.1 Å². The van der Waals surface area contributed by atoms with Crippen LogP contribution in [0.15, 0.2) is 30.3 Å². The van der Waals surface area contributed by atoms with Crippen LogP contribution in [0, 0.1) is 23.4 Å². The van der Waals surface area contributed by atoms with Crippen molar-refractivity contribution in [2.45, 2.75) is 63.7 Å². The van der Waals surface area contributed by atoms with Crippen molar-refractivity contribution in [2.75, 3.05) is 0 Å². The van der Waals surface area contributed by atoms with Crippen molar-refractivity contribution in [1.82, 2.24) is 0 Å². The number of ketones is 1. The molecule has 0 radical (unpaired) electrons. The lowest BCUT2D eigenvalue weighted by molar-refractivity contribution is 0.0987. The molecule has 2 aromatic carbocycles. The molecule has 4 heteroatoms. The third-order valence-electron chi connectivity index (χ3n) is 6.59. The van der Waals surface area contributed by atoms with Crippen LogP contribution in [-0.4, -0.2) is 5.78 Å². The molecule has 1 saturated carbocycles. The minimum absolute atomic E-state index is 0.0197. The van der Waals surface area contributed by atoms with E-state index in [1.807, 2.05) is 6.07 Å². The molecule has 0 heterocycles. The van der Waals surface area contributed by atoms with Crippen LogP contribution >= 0.6 is 0 Å². The van der Waals surface area contributed by atoms with Gasteiger partial charge in [-0.05, 0) is 66.3 Å². The molecule has 0 saturated heterocycles. The van der Waals surface area contributed by atoms with Gasteiger partial charge in [-0.2, -0.15) is 0 Å². The lowest BCUT2D eigenvalue weighted by Gasteiger charge is -2.29. The van der Waals surface area contributed by atoms with Gasteiger partial charge in [0.2, 0.25) is 0 Å². The highest BCUT2D eigenvalue weighted by Crippen LogP contribution is 2.42. The second-order valence-electron chi connectivity index (χ2n) is 8.29. The largest absolute Gasteiger partial charge is 0.294 e. The minimum atomic E-state index is -1.12. The van der Waals surface area contributed by atoms with E-state index in [-0.39, 0.29) is 17.8 Å². The van der Waals surface area contributed by atoms with Gasteiger partial charge in [0.15, 0.2) is 17.4 Å². The number of benzene rings is 2. The predicted molar refractivity (Wildman–Crippen MR) is 103 cm³/mol. The molecule has 0 spiro atoms. The molecule has 1 fully saturated rings. The monoisotopic (exact) mass is 386 g/mol. The maximum Gasteiger partial charge on any atom is 0.169 e. The minimum Gasteiger partial charge on any atom is -0.294 e. The zero-order chi connectivity index (χ0) is 19.8. The first-order valence-electron chi connectivity index (χ1n) is 10.3. The summed E-state index contributed by atoms with van der Waals surface area (Å²) in [6, 6.07) is 7.69. The standard InChI is InChI=1S/C24H25F3O/c1-2-3-14-4-6-15(7-5-14)16-8-9-17(21(26)12-16)19-13-22(28)23-18(19)10-11-20(25)24(23)27/h8-12,14-15,19H,2-7,13H2,1H3. The molecule has 28 heavy (non-hydrogen) atoms. The number of halogens is 3. The fourth-order valence-electron chi connectivity index (χ4n) is 5.09. The Bertz CT molecular complexity index is 897. The first kappa shape index (κ1) is 19.2. The van der Waals surface area contributed by atoms with Crippen molar-refractivity contribution < 1.29 is 18.0 Å². The zero-order valence-electron chi connectivity index (χ0n) is 16.1. The highest BCUT2D eigenvalue weighted by molar-refractivity contribution is 6.02. The van der Waals surface area contributed by atoms with Gasteiger partial charge in [-0.15, -0.1) is 0 Å². The average molecular weight is 386 g/mol. The van der Waals surface area contributed by atoms with Gasteiger partial charge in [0.1, 0.15) is 5.82 Å². The molecular formula is C24H25F3O. The molecule has 1 nitrogen and oxygen atoms in total. The summed E-state index contributed by atoms with van der Waals surface area (Å²) in [4.78, 5) is 12.2. The third kappa shape index (κ3) is 3.38. The molecule has 1 unspecified atom stereocenters. The van der Waals surface area contributed by atoms with E-state index in [2.05, 4.69) is 6.92 Å². The number of carbonyl (C=O) groups is 1. The lowest BCUT2D eigenvalue weighted by atomic mass is 9.77. The summed E-state index contributed by atoms with van der Waals surface area (Å²) in [6.45, 7) is 2.21. The van der Waals surface area contributed by atoms with Gasteiger partial charge in [-0.3, -0.25) is 4.79 Å². The van der Waals surface area contributed by atoms with Crippen LogP contribution in [0.1, 0.15) is 90.8 Å². The van der Waals surface area contributed by atoms with Crippen molar-refractivity contribution in [3.8, 4) is 0 Å². The second-order valence-corrected chi connectivity index (χ2v) is 8.29. The fraction of sp³-hybridized carbons (Fsp3) is 0.458. The SMILES string of the molecule is CCCC1CCC(c2ccc(C3CC(=O)c4c3ccc(F)c4F)c(F)c2)CC1. The summed E-state index contributed by atoms with van der Waals surface area (Å²) in [7, 11) is 0. The second kappa shape index (κ2) is 7.73. The van der Waals surface area contributed by atoms with E-state index >= 15 is 0 Å². The predicted octanol–water partition coefficient (Wildman–Crippen LogP) is 6.90. The molecule has 0 bridgehead atoms. The van der Waals surface area contributed by atoms with Crippen LogP contribution in [0.4, 0.5) is 13.2 Å². The summed E-state index contributed by atoms with van der Waals surface area (Å²) in [5.41, 5.74) is 1.56. The van der Waals surface area contributed by atoms with Crippen LogP contribution in [0.25, 0.3) is 0 Å². The first-order chi connectivity index (χ1) is 13.5. The van der Waals surface area contributed by atoms with Gasteiger partial charge >= 0.3 is 0 Å². The Morgan fingerprint density at radius 2 is 1.64 bits per heavy atom. The van der Waals surface area contributed by atoms with E-state index < -0.39 is 23.3 Å². The van der Waals surface area contributed by atoms with Gasteiger partial charge in [0.05, 0.1) is 5.56 Å². The smallest absolute Gasteiger partial charge is 0.169 e. The van der Waals surface area contributed by atoms with E-state index in [9.17, 15) is 18.0 Å². The molecule has 2 aromatic rings. The van der Waals surface area contributed by atoms with E-state index in [0.717, 1.165) is 30.4 Å². The molecular weight excluding hydrogens is 361 g/mol. The van der Waals surface area contributed by atoms with Crippen molar-refractivity contribution in [3.05, 3.63) is 70.0 Å². The number of hydrogen-bond donors (Lipinski definition) is 0.